The Morgan fingerprint density at radius 1 is 1.53 bits per heavy atom. The maximum absolute atomic E-state index is 11.6. The number of imide groups is 1. The van der Waals surface area contributed by atoms with Crippen LogP contribution in [-0.4, -0.2) is 36.3 Å². The van der Waals surface area contributed by atoms with E-state index in [-0.39, 0.29) is 23.7 Å². The molecule has 2 amide bonds. The summed E-state index contributed by atoms with van der Waals surface area (Å²) < 4.78 is 0. The molecule has 0 aromatic rings. The Labute approximate surface area is 102 Å². The van der Waals surface area contributed by atoms with Crippen molar-refractivity contribution < 1.29 is 9.59 Å². The molecule has 1 aliphatic heterocycles. The van der Waals surface area contributed by atoms with Crippen LogP contribution in [0.5, 0.6) is 0 Å². The molecule has 1 rings (SSSR count). The molecule has 1 saturated heterocycles. The molecule has 17 heavy (non-hydrogen) atoms. The summed E-state index contributed by atoms with van der Waals surface area (Å²) in [7, 11) is 1.51. The monoisotopic (exact) mass is 237 g/mol. The third-order valence-electron chi connectivity index (χ3n) is 3.12. The molecule has 5 nitrogen and oxygen atoms in total. The number of rotatable bonds is 5. The predicted molar refractivity (Wildman–Crippen MR) is 62.8 cm³/mol. The quantitative estimate of drug-likeness (QED) is 0.713. The van der Waals surface area contributed by atoms with E-state index in [0.29, 0.717) is 13.0 Å². The molecule has 5 heteroatoms. The number of carbonyl (C=O) groups is 2. The molecule has 1 heterocycles. The first-order valence-electron chi connectivity index (χ1n) is 5.78. The van der Waals surface area contributed by atoms with Gasteiger partial charge in [-0.3, -0.25) is 14.5 Å². The number of nitriles is 1. The fraction of sp³-hybridized carbons (Fsp3) is 0.750. The molecular formula is C12H19N3O2. The second-order valence-corrected chi connectivity index (χ2v) is 5.25. The number of likely N-dealkylation sites (tertiary alicyclic amines) is 1. The molecule has 1 unspecified atom stereocenters. The topological polar surface area (TPSA) is 73.2 Å². The first-order valence-corrected chi connectivity index (χ1v) is 5.78. The number of nitrogens with zero attached hydrogens (tertiary/aromatic N) is 2. The maximum atomic E-state index is 11.6. The molecule has 0 saturated carbocycles. The summed E-state index contributed by atoms with van der Waals surface area (Å²) in [5.74, 6) is -0.298. The highest BCUT2D eigenvalue weighted by Gasteiger charge is 2.36. The Bertz CT molecular complexity index is 357. The van der Waals surface area contributed by atoms with E-state index in [4.69, 9.17) is 5.26 Å². The highest BCUT2D eigenvalue weighted by molar-refractivity contribution is 6.05. The molecule has 1 N–H and O–H groups in total. The largest absolute Gasteiger partial charge is 0.305 e. The molecule has 0 aromatic carbocycles. The first-order chi connectivity index (χ1) is 7.87. The fourth-order valence-corrected chi connectivity index (χ4v) is 1.80. The highest BCUT2D eigenvalue weighted by Crippen LogP contribution is 2.22. The summed E-state index contributed by atoms with van der Waals surface area (Å²) in [5.41, 5.74) is -0.0414. The van der Waals surface area contributed by atoms with Gasteiger partial charge in [-0.15, -0.1) is 0 Å². The minimum atomic E-state index is -0.395. The number of carbonyl (C=O) groups excluding carboxylic acids is 2. The van der Waals surface area contributed by atoms with Gasteiger partial charge in [-0.25, -0.2) is 0 Å². The highest BCUT2D eigenvalue weighted by atomic mass is 16.2. The molecule has 0 aromatic heterocycles. The summed E-state index contributed by atoms with van der Waals surface area (Å²) in [6.07, 6.45) is 1.52. The van der Waals surface area contributed by atoms with Gasteiger partial charge < -0.3 is 5.32 Å². The number of hydrogen-bond acceptors (Lipinski definition) is 4. The van der Waals surface area contributed by atoms with Gasteiger partial charge in [0, 0.05) is 20.0 Å². The van der Waals surface area contributed by atoms with Gasteiger partial charge in [-0.05, 0) is 11.8 Å². The van der Waals surface area contributed by atoms with Crippen molar-refractivity contribution in [2.24, 2.45) is 5.41 Å². The van der Waals surface area contributed by atoms with Crippen molar-refractivity contribution in [2.45, 2.75) is 39.2 Å². The molecule has 0 bridgehead atoms. The van der Waals surface area contributed by atoms with Crippen LogP contribution in [0.2, 0.25) is 0 Å². The average Bonchev–Trinajstić information content (AvgIpc) is 2.52. The summed E-state index contributed by atoms with van der Waals surface area (Å²) in [6.45, 7) is 4.72. The van der Waals surface area contributed by atoms with Crippen LogP contribution in [0.1, 0.15) is 33.1 Å². The van der Waals surface area contributed by atoms with Crippen molar-refractivity contribution >= 4 is 11.8 Å². The van der Waals surface area contributed by atoms with Gasteiger partial charge in [0.1, 0.15) is 0 Å². The second kappa shape index (κ2) is 5.28. The van der Waals surface area contributed by atoms with Crippen molar-refractivity contribution in [3.05, 3.63) is 0 Å². The van der Waals surface area contributed by atoms with Crippen LogP contribution in [0.4, 0.5) is 0 Å². The van der Waals surface area contributed by atoms with E-state index in [2.05, 4.69) is 11.4 Å². The summed E-state index contributed by atoms with van der Waals surface area (Å²) in [6, 6.07) is 1.72. The lowest BCUT2D eigenvalue weighted by Gasteiger charge is -2.25. The molecule has 1 atom stereocenters. The molecule has 0 spiro atoms. The Balaban J connectivity index is 2.44. The Morgan fingerprint density at radius 3 is 2.65 bits per heavy atom. The van der Waals surface area contributed by atoms with E-state index in [1.807, 2.05) is 13.8 Å². The van der Waals surface area contributed by atoms with E-state index in [1.165, 1.54) is 11.9 Å². The van der Waals surface area contributed by atoms with Crippen LogP contribution < -0.4 is 5.32 Å². The third kappa shape index (κ3) is 3.53. The fourth-order valence-electron chi connectivity index (χ4n) is 1.80. The maximum Gasteiger partial charge on any atom is 0.246 e. The summed E-state index contributed by atoms with van der Waals surface area (Å²) in [5, 5.41) is 11.7. The predicted octanol–water partition coefficient (Wildman–Crippen LogP) is 0.663. The van der Waals surface area contributed by atoms with Crippen molar-refractivity contribution in [3.63, 3.8) is 0 Å². The van der Waals surface area contributed by atoms with Gasteiger partial charge in [0.2, 0.25) is 11.8 Å². The van der Waals surface area contributed by atoms with Gasteiger partial charge in [0.15, 0.2) is 0 Å². The molecule has 0 aliphatic carbocycles. The lowest BCUT2D eigenvalue weighted by molar-refractivity contribution is -0.137. The molecule has 1 fully saturated rings. The summed E-state index contributed by atoms with van der Waals surface area (Å²) in [4.78, 5) is 24.1. The number of nitrogens with one attached hydrogen (secondary N) is 1. The summed E-state index contributed by atoms with van der Waals surface area (Å²) >= 11 is 0. The minimum absolute atomic E-state index is 0.0414. The normalized spacial score (nSPS) is 20.8. The van der Waals surface area contributed by atoms with Crippen LogP contribution in [-0.2, 0) is 9.59 Å². The molecular weight excluding hydrogens is 218 g/mol. The minimum Gasteiger partial charge on any atom is -0.305 e. The standard InChI is InChI=1S/C12H19N3O2/c1-12(2,5-4-6-13)8-14-9-7-10(16)15(3)11(9)17/h9,14H,4-5,7-8H2,1-3H3. The van der Waals surface area contributed by atoms with Crippen LogP contribution >= 0.6 is 0 Å². The van der Waals surface area contributed by atoms with E-state index in [1.54, 1.807) is 0 Å². The zero-order valence-electron chi connectivity index (χ0n) is 10.6. The van der Waals surface area contributed by atoms with Gasteiger partial charge in [-0.2, -0.15) is 5.26 Å². The lowest BCUT2D eigenvalue weighted by Crippen LogP contribution is -2.41. The van der Waals surface area contributed by atoms with Crippen molar-refractivity contribution in [3.8, 4) is 6.07 Å². The molecule has 94 valence electrons. The van der Waals surface area contributed by atoms with Crippen molar-refractivity contribution in [1.29, 1.82) is 5.26 Å². The van der Waals surface area contributed by atoms with E-state index in [9.17, 15) is 9.59 Å². The average molecular weight is 237 g/mol. The number of likely N-dealkylation sites (N-methyl/N-ethyl adjacent to an activating group) is 1. The Kier molecular flexibility index (Phi) is 4.24. The van der Waals surface area contributed by atoms with E-state index >= 15 is 0 Å². The van der Waals surface area contributed by atoms with E-state index in [0.717, 1.165) is 6.42 Å². The van der Waals surface area contributed by atoms with Gasteiger partial charge >= 0.3 is 0 Å². The van der Waals surface area contributed by atoms with Gasteiger partial charge in [0.25, 0.3) is 0 Å². The second-order valence-electron chi connectivity index (χ2n) is 5.25. The Hall–Kier alpha value is -1.41. The third-order valence-corrected chi connectivity index (χ3v) is 3.12. The van der Waals surface area contributed by atoms with Crippen molar-refractivity contribution in [1.82, 2.24) is 10.2 Å². The number of amides is 2. The molecule has 0 radical (unpaired) electrons. The van der Waals surface area contributed by atoms with Gasteiger partial charge in [-0.1, -0.05) is 13.8 Å². The van der Waals surface area contributed by atoms with E-state index < -0.39 is 6.04 Å². The smallest absolute Gasteiger partial charge is 0.246 e. The molecule has 1 aliphatic rings. The van der Waals surface area contributed by atoms with Crippen LogP contribution in [0, 0.1) is 16.7 Å². The van der Waals surface area contributed by atoms with Crippen LogP contribution in [0.15, 0.2) is 0 Å². The zero-order valence-corrected chi connectivity index (χ0v) is 10.6. The van der Waals surface area contributed by atoms with Crippen molar-refractivity contribution in [2.75, 3.05) is 13.6 Å². The first kappa shape index (κ1) is 13.7. The SMILES string of the molecule is CN1C(=O)CC(NCC(C)(C)CCC#N)C1=O. The van der Waals surface area contributed by atoms with Crippen LogP contribution in [0.25, 0.3) is 0 Å². The Morgan fingerprint density at radius 2 is 2.18 bits per heavy atom. The zero-order chi connectivity index (χ0) is 13.1. The lowest BCUT2D eigenvalue weighted by atomic mass is 9.87. The number of hydrogen-bond donors (Lipinski definition) is 1. The van der Waals surface area contributed by atoms with Crippen LogP contribution in [0.3, 0.4) is 0 Å². The van der Waals surface area contributed by atoms with Gasteiger partial charge in [0.05, 0.1) is 18.5 Å².